The number of hydrogen-bond donors (Lipinski definition) is 1. The molecule has 1 aliphatic rings. The van der Waals surface area contributed by atoms with Crippen LogP contribution in [0.4, 0.5) is 0 Å². The van der Waals surface area contributed by atoms with Crippen molar-refractivity contribution in [1.82, 2.24) is 14.1 Å². The Kier molecular flexibility index (Phi) is 5.13. The topological polar surface area (TPSA) is 37.8 Å². The quantitative estimate of drug-likeness (QED) is 0.885. The van der Waals surface area contributed by atoms with Crippen LogP contribution in [-0.4, -0.2) is 15.3 Å². The highest BCUT2D eigenvalue weighted by Crippen LogP contribution is 2.39. The molecule has 1 fully saturated rings. The van der Waals surface area contributed by atoms with E-state index in [0.29, 0.717) is 6.04 Å². The number of aromatic nitrogens is 2. The van der Waals surface area contributed by atoms with Crippen LogP contribution in [0.5, 0.6) is 0 Å². The van der Waals surface area contributed by atoms with Gasteiger partial charge in [0.1, 0.15) is 0 Å². The summed E-state index contributed by atoms with van der Waals surface area (Å²) >= 11 is 1.33. The van der Waals surface area contributed by atoms with Crippen molar-refractivity contribution in [3.05, 3.63) is 11.9 Å². The molecule has 1 N–H and O–H groups in total. The summed E-state index contributed by atoms with van der Waals surface area (Å²) in [6, 6.07) is 0.415. The van der Waals surface area contributed by atoms with Crippen molar-refractivity contribution in [3.63, 3.8) is 0 Å². The van der Waals surface area contributed by atoms with Gasteiger partial charge in [0.25, 0.3) is 0 Å². The van der Waals surface area contributed by atoms with Crippen LogP contribution in [0.2, 0.25) is 0 Å². The van der Waals surface area contributed by atoms with Gasteiger partial charge in [-0.2, -0.15) is 8.75 Å². The average molecular weight is 267 g/mol. The minimum atomic E-state index is 0.415. The van der Waals surface area contributed by atoms with Crippen molar-refractivity contribution in [2.75, 3.05) is 6.54 Å². The molecule has 0 amide bonds. The molecule has 0 aromatic carbocycles. The summed E-state index contributed by atoms with van der Waals surface area (Å²) in [7, 11) is 0. The largest absolute Gasteiger partial charge is 0.308 e. The van der Waals surface area contributed by atoms with Gasteiger partial charge in [-0.3, -0.25) is 0 Å². The third-order valence-electron chi connectivity index (χ3n) is 4.42. The van der Waals surface area contributed by atoms with Gasteiger partial charge in [-0.1, -0.05) is 27.2 Å². The zero-order valence-corrected chi connectivity index (χ0v) is 12.5. The van der Waals surface area contributed by atoms with Gasteiger partial charge in [0, 0.05) is 0 Å². The highest BCUT2D eigenvalue weighted by Gasteiger charge is 2.31. The Morgan fingerprint density at radius 2 is 2.22 bits per heavy atom. The molecule has 1 aromatic rings. The second-order valence-corrected chi connectivity index (χ2v) is 6.35. The number of rotatable bonds is 5. The lowest BCUT2D eigenvalue weighted by Crippen LogP contribution is -2.33. The van der Waals surface area contributed by atoms with Crippen LogP contribution in [-0.2, 0) is 0 Å². The maximum atomic E-state index is 4.46. The molecule has 0 radical (unpaired) electrons. The third-order valence-corrected chi connectivity index (χ3v) is 4.91. The summed E-state index contributed by atoms with van der Waals surface area (Å²) in [6.07, 6.45) is 7.12. The smallest absolute Gasteiger partial charge is 0.0915 e. The molecule has 102 valence electrons. The minimum absolute atomic E-state index is 0.415. The lowest BCUT2D eigenvalue weighted by Gasteiger charge is -2.36. The van der Waals surface area contributed by atoms with Crippen molar-refractivity contribution in [2.24, 2.45) is 17.8 Å². The molecule has 2 rings (SSSR count). The van der Waals surface area contributed by atoms with Gasteiger partial charge in [-0.25, -0.2) is 0 Å². The molecular weight excluding hydrogens is 242 g/mol. The van der Waals surface area contributed by atoms with Gasteiger partial charge in [0.2, 0.25) is 0 Å². The Morgan fingerprint density at radius 1 is 1.39 bits per heavy atom. The second kappa shape index (κ2) is 6.62. The minimum Gasteiger partial charge on any atom is -0.308 e. The van der Waals surface area contributed by atoms with Gasteiger partial charge < -0.3 is 5.32 Å². The zero-order chi connectivity index (χ0) is 13.0. The molecular formula is C14H25N3S. The van der Waals surface area contributed by atoms with Crippen LogP contribution in [0.15, 0.2) is 6.20 Å². The van der Waals surface area contributed by atoms with Crippen molar-refractivity contribution in [3.8, 4) is 0 Å². The third kappa shape index (κ3) is 3.29. The summed E-state index contributed by atoms with van der Waals surface area (Å²) < 4.78 is 8.63. The molecule has 0 aliphatic heterocycles. The van der Waals surface area contributed by atoms with Crippen LogP contribution in [0.3, 0.4) is 0 Å². The van der Waals surface area contributed by atoms with Crippen molar-refractivity contribution < 1.29 is 0 Å². The first-order valence-electron chi connectivity index (χ1n) is 7.23. The zero-order valence-electron chi connectivity index (χ0n) is 11.7. The van der Waals surface area contributed by atoms with Crippen molar-refractivity contribution in [2.45, 2.75) is 52.5 Å². The van der Waals surface area contributed by atoms with Crippen molar-refractivity contribution >= 4 is 11.7 Å². The molecule has 3 nitrogen and oxygen atoms in total. The van der Waals surface area contributed by atoms with E-state index in [0.717, 1.165) is 30.0 Å². The normalized spacial score (nSPS) is 30.3. The average Bonchev–Trinajstić information content (AvgIpc) is 2.88. The summed E-state index contributed by atoms with van der Waals surface area (Å²) in [5, 5.41) is 3.68. The first kappa shape index (κ1) is 13.9. The molecule has 4 atom stereocenters. The molecule has 4 unspecified atom stereocenters. The van der Waals surface area contributed by atoms with Crippen LogP contribution in [0.1, 0.15) is 58.2 Å². The number of hydrogen-bond acceptors (Lipinski definition) is 4. The van der Waals surface area contributed by atoms with Gasteiger partial charge >= 0.3 is 0 Å². The standard InChI is InChI=1S/C14H25N3S/c1-4-7-15-14(13-9-16-18-17-13)12-6-5-10(2)11(3)8-12/h9-12,14-15H,4-8H2,1-3H3. The molecule has 1 saturated carbocycles. The molecule has 4 heteroatoms. The van der Waals surface area contributed by atoms with Gasteiger partial charge in [0.05, 0.1) is 29.7 Å². The van der Waals surface area contributed by atoms with E-state index in [1.807, 2.05) is 6.20 Å². The Labute approximate surface area is 115 Å². The van der Waals surface area contributed by atoms with Crippen molar-refractivity contribution in [1.29, 1.82) is 0 Å². The fraction of sp³-hybridized carbons (Fsp3) is 0.857. The van der Waals surface area contributed by atoms with E-state index in [4.69, 9.17) is 0 Å². The molecule has 18 heavy (non-hydrogen) atoms. The maximum absolute atomic E-state index is 4.46. The molecule has 0 saturated heterocycles. The molecule has 0 bridgehead atoms. The summed E-state index contributed by atoms with van der Waals surface area (Å²) in [6.45, 7) is 8.07. The summed E-state index contributed by atoms with van der Waals surface area (Å²) in [4.78, 5) is 0. The van der Waals surface area contributed by atoms with E-state index >= 15 is 0 Å². The lowest BCUT2D eigenvalue weighted by molar-refractivity contribution is 0.170. The first-order chi connectivity index (χ1) is 8.72. The van der Waals surface area contributed by atoms with E-state index in [1.54, 1.807) is 0 Å². The second-order valence-electron chi connectivity index (χ2n) is 5.79. The van der Waals surface area contributed by atoms with Crippen LogP contribution >= 0.6 is 11.7 Å². The molecule has 1 aromatic heterocycles. The van der Waals surface area contributed by atoms with Gasteiger partial charge in [-0.05, 0) is 43.6 Å². The van der Waals surface area contributed by atoms with Crippen LogP contribution < -0.4 is 5.32 Å². The van der Waals surface area contributed by atoms with Crippen LogP contribution in [0.25, 0.3) is 0 Å². The Balaban J connectivity index is 2.04. The van der Waals surface area contributed by atoms with E-state index in [1.165, 1.54) is 37.4 Å². The van der Waals surface area contributed by atoms with Gasteiger partial charge in [-0.15, -0.1) is 0 Å². The van der Waals surface area contributed by atoms with Crippen LogP contribution in [0, 0.1) is 17.8 Å². The molecule has 0 spiro atoms. The highest BCUT2D eigenvalue weighted by molar-refractivity contribution is 6.99. The van der Waals surface area contributed by atoms with E-state index in [9.17, 15) is 0 Å². The Morgan fingerprint density at radius 3 is 2.83 bits per heavy atom. The Hall–Kier alpha value is -0.480. The summed E-state index contributed by atoms with van der Waals surface area (Å²) in [5.74, 6) is 2.44. The van der Waals surface area contributed by atoms with Gasteiger partial charge in [0.15, 0.2) is 0 Å². The number of nitrogens with one attached hydrogen (secondary N) is 1. The first-order valence-corrected chi connectivity index (χ1v) is 7.96. The summed E-state index contributed by atoms with van der Waals surface area (Å²) in [5.41, 5.74) is 1.15. The highest BCUT2D eigenvalue weighted by atomic mass is 32.1. The van der Waals surface area contributed by atoms with E-state index in [2.05, 4.69) is 34.8 Å². The fourth-order valence-electron chi connectivity index (χ4n) is 3.01. The van der Waals surface area contributed by atoms with E-state index < -0.39 is 0 Å². The lowest BCUT2D eigenvalue weighted by atomic mass is 9.72. The molecule has 1 aliphatic carbocycles. The number of nitrogens with zero attached hydrogens (tertiary/aromatic N) is 2. The maximum Gasteiger partial charge on any atom is 0.0915 e. The molecule has 1 heterocycles. The monoisotopic (exact) mass is 267 g/mol. The predicted octanol–water partition coefficient (Wildman–Crippen LogP) is 3.65. The SMILES string of the molecule is CCCNC(c1cnsn1)C1CCC(C)C(C)C1. The fourth-order valence-corrected chi connectivity index (χ4v) is 3.47. The van der Waals surface area contributed by atoms with E-state index in [-0.39, 0.29) is 0 Å². The predicted molar refractivity (Wildman–Crippen MR) is 76.6 cm³/mol. The Bertz CT molecular complexity index is 339.